The Morgan fingerprint density at radius 3 is 2.50 bits per heavy atom. The van der Waals surface area contributed by atoms with Gasteiger partial charge in [-0.15, -0.1) is 0 Å². The Labute approximate surface area is 170 Å². The average molecular weight is 482 g/mol. The Bertz CT molecular complexity index is 819. The number of aliphatic imine (C=N–C) groups is 1. The van der Waals surface area contributed by atoms with Crippen molar-refractivity contribution in [3.63, 3.8) is 0 Å². The first-order valence-corrected chi connectivity index (χ1v) is 10.1. The molecule has 0 fully saturated rings. The molecule has 1 aliphatic heterocycles. The van der Waals surface area contributed by atoms with Crippen molar-refractivity contribution in [2.75, 3.05) is 7.11 Å². The van der Waals surface area contributed by atoms with Crippen LogP contribution in [0.4, 0.5) is 0 Å². The first-order valence-electron chi connectivity index (χ1n) is 8.54. The molecule has 0 radical (unpaired) electrons. The standard InChI is InChI=1S/C20H22Br2N2O2/c1-11(2)20-23-17(12-4-6-14(26-3)7-5-12)10-18(24-20)15-8-13(21)9-16(22)19(15)25/h4-9,11,18,20,24-25H,10H2,1-3H3/t18-,20+/m0/s1. The van der Waals surface area contributed by atoms with Crippen LogP contribution in [0, 0.1) is 5.92 Å². The van der Waals surface area contributed by atoms with E-state index >= 15 is 0 Å². The lowest BCUT2D eigenvalue weighted by atomic mass is 9.93. The lowest BCUT2D eigenvalue weighted by Gasteiger charge is -2.32. The van der Waals surface area contributed by atoms with Crippen LogP contribution in [0.3, 0.4) is 0 Å². The van der Waals surface area contributed by atoms with Crippen molar-refractivity contribution in [1.82, 2.24) is 5.32 Å². The van der Waals surface area contributed by atoms with Gasteiger partial charge in [-0.3, -0.25) is 10.3 Å². The number of rotatable bonds is 4. The second-order valence-corrected chi connectivity index (χ2v) is 8.51. The van der Waals surface area contributed by atoms with Crippen LogP contribution in [-0.4, -0.2) is 24.1 Å². The molecule has 0 amide bonds. The summed E-state index contributed by atoms with van der Waals surface area (Å²) in [5.74, 6) is 1.43. The number of nitrogens with zero attached hydrogens (tertiary/aromatic N) is 1. The van der Waals surface area contributed by atoms with Crippen molar-refractivity contribution in [3.05, 3.63) is 56.5 Å². The molecule has 3 rings (SSSR count). The zero-order valence-electron chi connectivity index (χ0n) is 15.0. The molecular weight excluding hydrogens is 460 g/mol. The maximum atomic E-state index is 10.6. The van der Waals surface area contributed by atoms with E-state index in [0.717, 1.165) is 27.1 Å². The molecule has 0 saturated heterocycles. The van der Waals surface area contributed by atoms with E-state index in [2.05, 4.69) is 51.0 Å². The predicted molar refractivity (Wildman–Crippen MR) is 112 cm³/mol. The first kappa shape index (κ1) is 19.4. The molecule has 4 nitrogen and oxygen atoms in total. The molecule has 0 aromatic heterocycles. The number of ether oxygens (including phenoxy) is 1. The summed E-state index contributed by atoms with van der Waals surface area (Å²) < 4.78 is 6.86. The number of hydrogen-bond donors (Lipinski definition) is 2. The highest BCUT2D eigenvalue weighted by molar-refractivity contribution is 9.11. The second kappa shape index (κ2) is 8.11. The molecule has 0 aliphatic carbocycles. The summed E-state index contributed by atoms with van der Waals surface area (Å²) in [5.41, 5.74) is 2.97. The summed E-state index contributed by atoms with van der Waals surface area (Å²) in [4.78, 5) is 4.92. The van der Waals surface area contributed by atoms with Crippen molar-refractivity contribution < 1.29 is 9.84 Å². The number of nitrogens with one attached hydrogen (secondary N) is 1. The Hall–Kier alpha value is -1.37. The van der Waals surface area contributed by atoms with Gasteiger partial charge >= 0.3 is 0 Å². The van der Waals surface area contributed by atoms with E-state index in [4.69, 9.17) is 9.73 Å². The summed E-state index contributed by atoms with van der Waals surface area (Å²) in [7, 11) is 1.66. The predicted octanol–water partition coefficient (Wildman–Crippen LogP) is 5.43. The summed E-state index contributed by atoms with van der Waals surface area (Å²) in [6.45, 7) is 4.29. The number of phenols is 1. The van der Waals surface area contributed by atoms with Crippen LogP contribution in [-0.2, 0) is 0 Å². The number of aromatic hydroxyl groups is 1. The van der Waals surface area contributed by atoms with E-state index in [1.807, 2.05) is 36.4 Å². The molecule has 1 heterocycles. The van der Waals surface area contributed by atoms with Gasteiger partial charge in [0.05, 0.1) is 11.6 Å². The van der Waals surface area contributed by atoms with Crippen LogP contribution in [0.25, 0.3) is 0 Å². The first-order chi connectivity index (χ1) is 12.4. The third-order valence-corrected chi connectivity index (χ3v) is 5.61. The highest BCUT2D eigenvalue weighted by atomic mass is 79.9. The summed E-state index contributed by atoms with van der Waals surface area (Å²) in [6, 6.07) is 11.8. The molecule has 0 saturated carbocycles. The van der Waals surface area contributed by atoms with E-state index < -0.39 is 0 Å². The second-order valence-electron chi connectivity index (χ2n) is 6.74. The van der Waals surface area contributed by atoms with Crippen LogP contribution in [0.1, 0.15) is 37.4 Å². The highest BCUT2D eigenvalue weighted by Crippen LogP contribution is 2.38. The van der Waals surface area contributed by atoms with Crippen molar-refractivity contribution in [2.45, 2.75) is 32.5 Å². The number of hydrogen-bond acceptors (Lipinski definition) is 4. The molecule has 2 atom stereocenters. The van der Waals surface area contributed by atoms with Crippen LogP contribution in [0.15, 0.2) is 50.3 Å². The van der Waals surface area contributed by atoms with Gasteiger partial charge in [0, 0.05) is 28.2 Å². The Balaban J connectivity index is 1.98. The van der Waals surface area contributed by atoms with Crippen LogP contribution in [0.2, 0.25) is 0 Å². The summed E-state index contributed by atoms with van der Waals surface area (Å²) in [6.07, 6.45) is 0.689. The van der Waals surface area contributed by atoms with Gasteiger partial charge in [0.2, 0.25) is 0 Å². The van der Waals surface area contributed by atoms with Crippen molar-refractivity contribution in [3.8, 4) is 11.5 Å². The molecule has 0 bridgehead atoms. The van der Waals surface area contributed by atoms with Gasteiger partial charge in [0.1, 0.15) is 17.7 Å². The fourth-order valence-electron chi connectivity index (χ4n) is 3.08. The van der Waals surface area contributed by atoms with Gasteiger partial charge in [-0.25, -0.2) is 0 Å². The average Bonchev–Trinajstić information content (AvgIpc) is 2.64. The smallest absolute Gasteiger partial charge is 0.134 e. The largest absolute Gasteiger partial charge is 0.506 e. The maximum absolute atomic E-state index is 10.6. The molecule has 2 N–H and O–H groups in total. The fourth-order valence-corrected chi connectivity index (χ4v) is 4.34. The SMILES string of the molecule is COc1ccc(C2=N[C@@H](C(C)C)N[C@H](c3cc(Br)cc(Br)c3O)C2)cc1. The molecule has 6 heteroatoms. The molecule has 0 unspecified atom stereocenters. The summed E-state index contributed by atoms with van der Waals surface area (Å²) in [5, 5.41) is 14.1. The van der Waals surface area contributed by atoms with Gasteiger partial charge in [0.15, 0.2) is 0 Å². The Kier molecular flexibility index (Phi) is 6.05. The van der Waals surface area contributed by atoms with E-state index in [0.29, 0.717) is 16.8 Å². The van der Waals surface area contributed by atoms with Gasteiger partial charge in [-0.2, -0.15) is 0 Å². The Morgan fingerprint density at radius 2 is 1.88 bits per heavy atom. The van der Waals surface area contributed by atoms with Gasteiger partial charge in [-0.05, 0) is 63.8 Å². The molecule has 1 aliphatic rings. The van der Waals surface area contributed by atoms with E-state index in [1.165, 1.54) is 0 Å². The van der Waals surface area contributed by atoms with Crippen molar-refractivity contribution in [1.29, 1.82) is 0 Å². The third-order valence-electron chi connectivity index (χ3n) is 4.55. The molecular formula is C20H22Br2N2O2. The number of benzene rings is 2. The highest BCUT2D eigenvalue weighted by Gasteiger charge is 2.29. The van der Waals surface area contributed by atoms with E-state index in [-0.39, 0.29) is 18.0 Å². The van der Waals surface area contributed by atoms with Crippen LogP contribution in [0.5, 0.6) is 11.5 Å². The zero-order chi connectivity index (χ0) is 18.8. The lowest BCUT2D eigenvalue weighted by Crippen LogP contribution is -2.41. The minimum absolute atomic E-state index is 0.0111. The van der Waals surface area contributed by atoms with Gasteiger partial charge in [0.25, 0.3) is 0 Å². The monoisotopic (exact) mass is 480 g/mol. The minimum Gasteiger partial charge on any atom is -0.506 e. The minimum atomic E-state index is -0.0224. The van der Waals surface area contributed by atoms with Crippen molar-refractivity contribution >= 4 is 37.6 Å². The summed E-state index contributed by atoms with van der Waals surface area (Å²) >= 11 is 6.95. The normalized spacial score (nSPS) is 20.2. The van der Waals surface area contributed by atoms with Crippen molar-refractivity contribution in [2.24, 2.45) is 10.9 Å². The topological polar surface area (TPSA) is 53.8 Å². The van der Waals surface area contributed by atoms with Gasteiger partial charge < -0.3 is 9.84 Å². The van der Waals surface area contributed by atoms with E-state index in [9.17, 15) is 5.11 Å². The molecule has 0 spiro atoms. The Morgan fingerprint density at radius 1 is 1.19 bits per heavy atom. The van der Waals surface area contributed by atoms with Crippen LogP contribution >= 0.6 is 31.9 Å². The zero-order valence-corrected chi connectivity index (χ0v) is 18.1. The van der Waals surface area contributed by atoms with E-state index in [1.54, 1.807) is 7.11 Å². The quantitative estimate of drug-likeness (QED) is 0.611. The molecule has 138 valence electrons. The molecule has 2 aromatic carbocycles. The number of methoxy groups -OCH3 is 1. The van der Waals surface area contributed by atoms with Crippen LogP contribution < -0.4 is 10.1 Å². The maximum Gasteiger partial charge on any atom is 0.134 e. The molecule has 26 heavy (non-hydrogen) atoms. The fraction of sp³-hybridized carbons (Fsp3) is 0.350. The number of halogens is 2. The lowest BCUT2D eigenvalue weighted by molar-refractivity contribution is 0.345. The number of phenolic OH excluding ortho intramolecular Hbond substituents is 1. The molecule has 2 aromatic rings. The third kappa shape index (κ3) is 4.13. The van der Waals surface area contributed by atoms with Gasteiger partial charge in [-0.1, -0.05) is 29.8 Å².